The molecule has 0 aliphatic carbocycles. The van der Waals surface area contributed by atoms with E-state index >= 15 is 0 Å². The van der Waals surface area contributed by atoms with Crippen LogP contribution in [0.25, 0.3) is 32.0 Å². The van der Waals surface area contributed by atoms with Crippen LogP contribution >= 0.6 is 22.7 Å². The van der Waals surface area contributed by atoms with Crippen molar-refractivity contribution >= 4 is 22.7 Å². The average Bonchev–Trinajstić information content (AvgIpc) is 3.62. The molecule has 2 heterocycles. The average molecular weight is 563 g/mol. The van der Waals surface area contributed by atoms with Gasteiger partial charge in [0.15, 0.2) is 0 Å². The molecule has 0 spiro atoms. The topological polar surface area (TPSA) is 0 Å². The van der Waals surface area contributed by atoms with Gasteiger partial charge in [-0.2, -0.15) is 0 Å². The number of thiophene rings is 2. The second-order valence-corrected chi connectivity index (χ2v) is 12.5. The molecule has 198 valence electrons. The zero-order valence-corrected chi connectivity index (χ0v) is 24.0. The van der Waals surface area contributed by atoms with Gasteiger partial charge in [-0.25, -0.2) is 8.78 Å². The smallest absolute Gasteiger partial charge is 0.123 e. The Bertz CT molecular complexity index is 1640. The van der Waals surface area contributed by atoms with E-state index in [1.165, 1.54) is 67.4 Å². The highest BCUT2D eigenvalue weighted by Crippen LogP contribution is 2.33. The molecule has 0 N–H and O–H groups in total. The normalized spacial score (nSPS) is 11.2. The second-order valence-electron chi connectivity index (χ2n) is 10.2. The predicted molar refractivity (Wildman–Crippen MR) is 166 cm³/mol. The zero-order chi connectivity index (χ0) is 27.6. The van der Waals surface area contributed by atoms with Crippen molar-refractivity contribution in [1.29, 1.82) is 0 Å². The van der Waals surface area contributed by atoms with Gasteiger partial charge in [0.2, 0.25) is 0 Å². The van der Waals surface area contributed by atoms with E-state index in [4.69, 9.17) is 0 Å². The molecule has 6 rings (SSSR count). The summed E-state index contributed by atoms with van der Waals surface area (Å²) < 4.78 is 26.7. The van der Waals surface area contributed by atoms with Gasteiger partial charge in [0.25, 0.3) is 0 Å². The van der Waals surface area contributed by atoms with E-state index in [2.05, 4.69) is 74.5 Å². The molecule has 0 aliphatic heterocycles. The number of hydrogen-bond acceptors (Lipinski definition) is 2. The Hall–Kier alpha value is -3.86. The maximum absolute atomic E-state index is 13.3. The van der Waals surface area contributed by atoms with Crippen LogP contribution in [0.3, 0.4) is 0 Å². The minimum absolute atomic E-state index is 0.211. The molecule has 0 radical (unpaired) electrons. The van der Waals surface area contributed by atoms with Crippen molar-refractivity contribution in [2.24, 2.45) is 0 Å². The highest BCUT2D eigenvalue weighted by atomic mass is 32.1. The Labute approximate surface area is 242 Å². The van der Waals surface area contributed by atoms with E-state index in [0.29, 0.717) is 0 Å². The predicted octanol–water partition coefficient (Wildman–Crippen LogP) is 10.9. The van der Waals surface area contributed by atoms with Gasteiger partial charge in [0, 0.05) is 32.4 Å². The SMILES string of the molecule is Cc1ccc(-c2ccc(C)c(Cc3ccc(-c4ccc(F)cc4)s3)c2)cc1Cc1ccc(-c2ccc(F)cc2)s1. The molecule has 2 aromatic heterocycles. The number of hydrogen-bond donors (Lipinski definition) is 0. The molecule has 0 fully saturated rings. The Morgan fingerprint density at radius 1 is 0.450 bits per heavy atom. The summed E-state index contributed by atoms with van der Waals surface area (Å²) in [5.74, 6) is -0.422. The molecule has 0 unspecified atom stereocenters. The van der Waals surface area contributed by atoms with E-state index in [-0.39, 0.29) is 11.6 Å². The van der Waals surface area contributed by atoms with Crippen molar-refractivity contribution in [2.45, 2.75) is 26.7 Å². The standard InChI is InChI=1S/C36H28F2S2/c1-23-3-5-27(19-29(23)21-33-15-17-35(39-33)25-7-11-31(37)12-8-25)28-6-4-24(2)30(20-28)22-34-16-18-36(40-34)26-9-13-32(38)14-10-26/h3-20H,21-22H2,1-2H3. The van der Waals surface area contributed by atoms with Gasteiger partial charge in [0.1, 0.15) is 11.6 Å². The van der Waals surface area contributed by atoms with Crippen LogP contribution in [-0.2, 0) is 12.8 Å². The van der Waals surface area contributed by atoms with Crippen molar-refractivity contribution in [3.8, 4) is 32.0 Å². The lowest BCUT2D eigenvalue weighted by molar-refractivity contribution is 0.627. The molecule has 0 saturated heterocycles. The summed E-state index contributed by atoms with van der Waals surface area (Å²) in [5, 5.41) is 0. The minimum Gasteiger partial charge on any atom is -0.207 e. The van der Waals surface area contributed by atoms with Crippen LogP contribution in [0.5, 0.6) is 0 Å². The lowest BCUT2D eigenvalue weighted by Crippen LogP contribution is -1.93. The van der Waals surface area contributed by atoms with Crippen LogP contribution in [0.2, 0.25) is 0 Å². The fourth-order valence-electron chi connectivity index (χ4n) is 4.94. The first-order chi connectivity index (χ1) is 19.4. The number of aryl methyl sites for hydroxylation is 2. The Kier molecular flexibility index (Phi) is 7.46. The molecule has 6 aromatic rings. The number of halogens is 2. The fraction of sp³-hybridized carbons (Fsp3) is 0.111. The van der Waals surface area contributed by atoms with Crippen LogP contribution in [0.4, 0.5) is 8.78 Å². The molecule has 0 bridgehead atoms. The molecule has 4 heteroatoms. The summed E-state index contributed by atoms with van der Waals surface area (Å²) in [5.41, 5.74) is 9.71. The van der Waals surface area contributed by atoms with Crippen molar-refractivity contribution in [3.05, 3.63) is 153 Å². The summed E-state index contributed by atoms with van der Waals surface area (Å²) in [6.45, 7) is 4.34. The molecule has 0 nitrogen and oxygen atoms in total. The van der Waals surface area contributed by atoms with Crippen molar-refractivity contribution in [1.82, 2.24) is 0 Å². The molecule has 40 heavy (non-hydrogen) atoms. The first-order valence-electron chi connectivity index (χ1n) is 13.3. The summed E-state index contributed by atoms with van der Waals surface area (Å²) in [6, 6.07) is 35.5. The molecule has 4 aromatic carbocycles. The number of benzene rings is 4. The first kappa shape index (κ1) is 26.4. The molecular weight excluding hydrogens is 535 g/mol. The lowest BCUT2D eigenvalue weighted by Gasteiger charge is -2.12. The maximum atomic E-state index is 13.3. The van der Waals surface area contributed by atoms with E-state index in [1.807, 2.05) is 24.3 Å². The third-order valence-electron chi connectivity index (χ3n) is 7.34. The van der Waals surface area contributed by atoms with Crippen LogP contribution in [0.15, 0.2) is 109 Å². The van der Waals surface area contributed by atoms with Crippen LogP contribution in [0.1, 0.15) is 32.0 Å². The summed E-state index contributed by atoms with van der Waals surface area (Å²) in [7, 11) is 0. The summed E-state index contributed by atoms with van der Waals surface area (Å²) in [4.78, 5) is 4.89. The fourth-order valence-corrected chi connectivity index (χ4v) is 7.02. The van der Waals surface area contributed by atoms with Crippen LogP contribution in [-0.4, -0.2) is 0 Å². The zero-order valence-electron chi connectivity index (χ0n) is 22.4. The minimum atomic E-state index is -0.211. The van der Waals surface area contributed by atoms with E-state index in [9.17, 15) is 8.78 Å². The quantitative estimate of drug-likeness (QED) is 0.182. The third kappa shape index (κ3) is 5.84. The first-order valence-corrected chi connectivity index (χ1v) is 14.9. The molecule has 0 saturated carbocycles. The van der Waals surface area contributed by atoms with Gasteiger partial charge < -0.3 is 0 Å². The van der Waals surface area contributed by atoms with Gasteiger partial charge in [0.05, 0.1) is 0 Å². The van der Waals surface area contributed by atoms with Crippen molar-refractivity contribution < 1.29 is 8.78 Å². The molecule has 0 amide bonds. The van der Waals surface area contributed by atoms with E-state index in [0.717, 1.165) is 33.7 Å². The van der Waals surface area contributed by atoms with Gasteiger partial charge >= 0.3 is 0 Å². The summed E-state index contributed by atoms with van der Waals surface area (Å²) >= 11 is 3.53. The third-order valence-corrected chi connectivity index (χ3v) is 9.61. The van der Waals surface area contributed by atoms with Crippen LogP contribution < -0.4 is 0 Å². The van der Waals surface area contributed by atoms with Gasteiger partial charge in [-0.05, 0) is 107 Å². The summed E-state index contributed by atoms with van der Waals surface area (Å²) in [6.07, 6.45) is 1.73. The van der Waals surface area contributed by atoms with Gasteiger partial charge in [-0.15, -0.1) is 22.7 Å². The Morgan fingerprint density at radius 2 is 0.825 bits per heavy atom. The Morgan fingerprint density at radius 3 is 1.23 bits per heavy atom. The van der Waals surface area contributed by atoms with Gasteiger partial charge in [-0.3, -0.25) is 0 Å². The molecule has 0 atom stereocenters. The second kappa shape index (κ2) is 11.3. The highest BCUT2D eigenvalue weighted by molar-refractivity contribution is 7.15. The monoisotopic (exact) mass is 562 g/mol. The van der Waals surface area contributed by atoms with E-state index in [1.54, 1.807) is 22.7 Å². The maximum Gasteiger partial charge on any atom is 0.123 e. The molecule has 0 aliphatic rings. The largest absolute Gasteiger partial charge is 0.207 e. The van der Waals surface area contributed by atoms with Gasteiger partial charge in [-0.1, -0.05) is 60.7 Å². The molecular formula is C36H28F2S2. The lowest BCUT2D eigenvalue weighted by atomic mass is 9.94. The van der Waals surface area contributed by atoms with Crippen LogP contribution in [0, 0.1) is 25.5 Å². The van der Waals surface area contributed by atoms with Crippen molar-refractivity contribution in [2.75, 3.05) is 0 Å². The van der Waals surface area contributed by atoms with Crippen molar-refractivity contribution in [3.63, 3.8) is 0 Å². The highest BCUT2D eigenvalue weighted by Gasteiger charge is 2.11. The number of rotatable bonds is 7. The van der Waals surface area contributed by atoms with E-state index < -0.39 is 0 Å². The Balaban J connectivity index is 1.22.